The number of nitrogens with one attached hydrogen (secondary N) is 1. The van der Waals surface area contributed by atoms with Crippen LogP contribution in [0, 0.1) is 0 Å². The number of rotatable bonds is 3. The van der Waals surface area contributed by atoms with Crippen LogP contribution in [0.4, 0.5) is 5.82 Å². The first-order valence-corrected chi connectivity index (χ1v) is 4.90. The molecule has 80 valence electrons. The second kappa shape index (κ2) is 3.81. The zero-order chi connectivity index (χ0) is 10.8. The molecule has 0 unspecified atom stereocenters. The van der Waals surface area contributed by atoms with Crippen molar-refractivity contribution in [3.8, 4) is 5.75 Å². The Kier molecular flexibility index (Phi) is 2.49. The Bertz CT molecular complexity index is 463. The Hall–Kier alpha value is -1.71. The van der Waals surface area contributed by atoms with Crippen LogP contribution in [0.15, 0.2) is 22.7 Å². The molecule has 0 spiro atoms. The van der Waals surface area contributed by atoms with E-state index >= 15 is 0 Å². The van der Waals surface area contributed by atoms with Crippen LogP contribution in [0.25, 0.3) is 11.0 Å². The number of hydrogen-bond acceptors (Lipinski definition) is 4. The van der Waals surface area contributed by atoms with E-state index < -0.39 is 0 Å². The van der Waals surface area contributed by atoms with Crippen LogP contribution in [0.2, 0.25) is 0 Å². The zero-order valence-corrected chi connectivity index (χ0v) is 9.07. The largest absolute Gasteiger partial charge is 0.497 e. The van der Waals surface area contributed by atoms with E-state index in [4.69, 9.17) is 9.26 Å². The third kappa shape index (κ3) is 1.88. The van der Waals surface area contributed by atoms with Crippen molar-refractivity contribution < 1.29 is 9.26 Å². The summed E-state index contributed by atoms with van der Waals surface area (Å²) in [5.74, 6) is 1.57. The molecule has 1 N–H and O–H groups in total. The van der Waals surface area contributed by atoms with Gasteiger partial charge >= 0.3 is 0 Å². The van der Waals surface area contributed by atoms with Crippen molar-refractivity contribution in [1.82, 2.24) is 5.16 Å². The van der Waals surface area contributed by atoms with Crippen molar-refractivity contribution in [2.45, 2.75) is 19.9 Å². The smallest absolute Gasteiger partial charge is 0.177 e. The first kappa shape index (κ1) is 9.83. The molecule has 0 aliphatic heterocycles. The first-order valence-electron chi connectivity index (χ1n) is 4.90. The number of benzene rings is 1. The van der Waals surface area contributed by atoms with Gasteiger partial charge < -0.3 is 14.6 Å². The lowest BCUT2D eigenvalue weighted by molar-refractivity contribution is 0.415. The first-order chi connectivity index (χ1) is 7.20. The third-order valence-electron chi connectivity index (χ3n) is 2.10. The molecule has 0 atom stereocenters. The van der Waals surface area contributed by atoms with Gasteiger partial charge in [0.2, 0.25) is 0 Å². The average molecular weight is 206 g/mol. The third-order valence-corrected chi connectivity index (χ3v) is 2.10. The minimum absolute atomic E-state index is 0.324. The summed E-state index contributed by atoms with van der Waals surface area (Å²) in [4.78, 5) is 0. The molecule has 4 heteroatoms. The van der Waals surface area contributed by atoms with Crippen LogP contribution in [0.1, 0.15) is 13.8 Å². The molecule has 0 bridgehead atoms. The van der Waals surface area contributed by atoms with Crippen LogP contribution in [0.3, 0.4) is 0 Å². The molecular formula is C11H14N2O2. The van der Waals surface area contributed by atoms with Crippen molar-refractivity contribution >= 4 is 16.8 Å². The monoisotopic (exact) mass is 206 g/mol. The molecule has 15 heavy (non-hydrogen) atoms. The summed E-state index contributed by atoms with van der Waals surface area (Å²) in [5, 5.41) is 8.14. The fourth-order valence-electron chi connectivity index (χ4n) is 1.42. The van der Waals surface area contributed by atoms with Crippen molar-refractivity contribution in [3.05, 3.63) is 18.2 Å². The molecule has 2 rings (SSSR count). The van der Waals surface area contributed by atoms with E-state index in [9.17, 15) is 0 Å². The van der Waals surface area contributed by atoms with Gasteiger partial charge in [-0.05, 0) is 32.0 Å². The van der Waals surface area contributed by atoms with Crippen LogP contribution >= 0.6 is 0 Å². The van der Waals surface area contributed by atoms with E-state index in [0.717, 1.165) is 22.5 Å². The minimum Gasteiger partial charge on any atom is -0.497 e. The molecular weight excluding hydrogens is 192 g/mol. The second-order valence-corrected chi connectivity index (χ2v) is 3.69. The van der Waals surface area contributed by atoms with Gasteiger partial charge in [0.25, 0.3) is 0 Å². The van der Waals surface area contributed by atoms with Crippen molar-refractivity contribution in [3.63, 3.8) is 0 Å². The molecule has 0 saturated carbocycles. The number of methoxy groups -OCH3 is 1. The lowest BCUT2D eigenvalue weighted by Gasteiger charge is -2.05. The molecule has 1 aromatic heterocycles. The lowest BCUT2D eigenvalue weighted by Crippen LogP contribution is -2.09. The van der Waals surface area contributed by atoms with E-state index in [1.165, 1.54) is 0 Å². The maximum absolute atomic E-state index is 5.18. The molecule has 1 aromatic carbocycles. The van der Waals surface area contributed by atoms with Gasteiger partial charge in [0, 0.05) is 6.04 Å². The summed E-state index contributed by atoms with van der Waals surface area (Å²) < 4.78 is 10.3. The summed E-state index contributed by atoms with van der Waals surface area (Å²) in [6.45, 7) is 4.11. The van der Waals surface area contributed by atoms with Crippen LogP contribution in [0.5, 0.6) is 5.75 Å². The molecule has 0 aliphatic carbocycles. The van der Waals surface area contributed by atoms with Gasteiger partial charge in [-0.25, -0.2) is 0 Å². The van der Waals surface area contributed by atoms with Gasteiger partial charge in [-0.2, -0.15) is 0 Å². The highest BCUT2D eigenvalue weighted by atomic mass is 16.5. The van der Waals surface area contributed by atoms with Gasteiger partial charge in [-0.1, -0.05) is 5.16 Å². The standard InChI is InChI=1S/C11H14N2O2/c1-7(2)12-11-9-6-8(14-3)4-5-10(9)15-13-11/h4-7H,1-3H3,(H,12,13). The van der Waals surface area contributed by atoms with Gasteiger partial charge in [0.15, 0.2) is 11.4 Å². The van der Waals surface area contributed by atoms with E-state index in [1.54, 1.807) is 7.11 Å². The molecule has 4 nitrogen and oxygen atoms in total. The Labute approximate surface area is 88.2 Å². The number of fused-ring (bicyclic) bond motifs is 1. The number of ether oxygens (including phenoxy) is 1. The minimum atomic E-state index is 0.324. The second-order valence-electron chi connectivity index (χ2n) is 3.69. The fraction of sp³-hybridized carbons (Fsp3) is 0.364. The highest BCUT2D eigenvalue weighted by Crippen LogP contribution is 2.27. The van der Waals surface area contributed by atoms with Gasteiger partial charge in [0.1, 0.15) is 5.75 Å². The lowest BCUT2D eigenvalue weighted by atomic mass is 10.2. The Morgan fingerprint density at radius 2 is 2.20 bits per heavy atom. The van der Waals surface area contributed by atoms with E-state index in [2.05, 4.69) is 24.3 Å². The van der Waals surface area contributed by atoms with E-state index in [0.29, 0.717) is 6.04 Å². The maximum Gasteiger partial charge on any atom is 0.177 e. The van der Waals surface area contributed by atoms with E-state index in [1.807, 2.05) is 18.2 Å². The summed E-state index contributed by atoms with van der Waals surface area (Å²) in [6, 6.07) is 5.94. The van der Waals surface area contributed by atoms with Gasteiger partial charge in [-0.15, -0.1) is 0 Å². The van der Waals surface area contributed by atoms with Crippen molar-refractivity contribution in [2.75, 3.05) is 12.4 Å². The van der Waals surface area contributed by atoms with Gasteiger partial charge in [-0.3, -0.25) is 0 Å². The number of hydrogen-bond donors (Lipinski definition) is 1. The summed E-state index contributed by atoms with van der Waals surface area (Å²) in [7, 11) is 1.64. The quantitative estimate of drug-likeness (QED) is 0.838. The van der Waals surface area contributed by atoms with Crippen molar-refractivity contribution in [2.24, 2.45) is 0 Å². The molecule has 0 saturated heterocycles. The van der Waals surface area contributed by atoms with Crippen LogP contribution < -0.4 is 10.1 Å². The highest BCUT2D eigenvalue weighted by molar-refractivity contribution is 5.89. The molecule has 0 aliphatic rings. The molecule has 0 radical (unpaired) electrons. The van der Waals surface area contributed by atoms with Crippen LogP contribution in [-0.4, -0.2) is 18.3 Å². The number of aromatic nitrogens is 1. The average Bonchev–Trinajstić information content (AvgIpc) is 2.60. The Balaban J connectivity index is 2.46. The highest BCUT2D eigenvalue weighted by Gasteiger charge is 2.09. The molecule has 0 amide bonds. The summed E-state index contributed by atoms with van der Waals surface area (Å²) in [6.07, 6.45) is 0. The normalized spacial score (nSPS) is 10.9. The molecule has 1 heterocycles. The van der Waals surface area contributed by atoms with Crippen LogP contribution in [-0.2, 0) is 0 Å². The Morgan fingerprint density at radius 3 is 2.87 bits per heavy atom. The number of anilines is 1. The van der Waals surface area contributed by atoms with Gasteiger partial charge in [0.05, 0.1) is 12.5 Å². The summed E-state index contributed by atoms with van der Waals surface area (Å²) in [5.41, 5.74) is 0.763. The molecule has 2 aromatic rings. The zero-order valence-electron chi connectivity index (χ0n) is 9.07. The Morgan fingerprint density at radius 1 is 1.40 bits per heavy atom. The maximum atomic E-state index is 5.18. The SMILES string of the molecule is COc1ccc2onc(NC(C)C)c2c1. The summed E-state index contributed by atoms with van der Waals surface area (Å²) >= 11 is 0. The topological polar surface area (TPSA) is 47.3 Å². The molecule has 0 fully saturated rings. The van der Waals surface area contributed by atoms with Crippen molar-refractivity contribution in [1.29, 1.82) is 0 Å². The fourth-order valence-corrected chi connectivity index (χ4v) is 1.42. The number of nitrogens with zero attached hydrogens (tertiary/aromatic N) is 1. The van der Waals surface area contributed by atoms with E-state index in [-0.39, 0.29) is 0 Å². The predicted molar refractivity (Wildman–Crippen MR) is 59.3 cm³/mol. The predicted octanol–water partition coefficient (Wildman–Crippen LogP) is 2.66.